The van der Waals surface area contributed by atoms with Crippen LogP contribution in [0.1, 0.15) is 25.6 Å². The molecule has 0 spiro atoms. The minimum atomic E-state index is -0.737. The van der Waals surface area contributed by atoms with Gasteiger partial charge in [0.05, 0.1) is 0 Å². The van der Waals surface area contributed by atoms with Crippen LogP contribution in [0.15, 0.2) is 0 Å². The van der Waals surface area contributed by atoms with E-state index in [2.05, 4.69) is 15.4 Å². The SMILES string of the molecule is CC(C)c1nnn([N+](=O)[O-])n1. The summed E-state index contributed by atoms with van der Waals surface area (Å²) in [5.41, 5.74) is 0. The Morgan fingerprint density at radius 3 is 2.55 bits per heavy atom. The first-order valence-electron chi connectivity index (χ1n) is 3.06. The third-order valence-corrected chi connectivity index (χ3v) is 1.08. The summed E-state index contributed by atoms with van der Waals surface area (Å²) in [6.07, 6.45) is 0. The number of hydrogen-bond donors (Lipinski definition) is 0. The molecule has 0 saturated carbocycles. The fourth-order valence-corrected chi connectivity index (χ4v) is 0.518. The van der Waals surface area contributed by atoms with Crippen molar-refractivity contribution in [3.63, 3.8) is 0 Å². The lowest BCUT2D eigenvalue weighted by Crippen LogP contribution is -2.12. The van der Waals surface area contributed by atoms with Gasteiger partial charge in [-0.2, -0.15) is 0 Å². The van der Waals surface area contributed by atoms with Crippen molar-refractivity contribution in [1.82, 2.24) is 20.3 Å². The molecule has 0 radical (unpaired) electrons. The van der Waals surface area contributed by atoms with Crippen LogP contribution in [0.25, 0.3) is 0 Å². The Balaban J connectivity index is 2.90. The van der Waals surface area contributed by atoms with Crippen LogP contribution in [-0.4, -0.2) is 25.3 Å². The highest BCUT2D eigenvalue weighted by molar-refractivity contribution is 4.83. The topological polar surface area (TPSA) is 86.7 Å². The summed E-state index contributed by atoms with van der Waals surface area (Å²) in [4.78, 5) is 10.4. The molecule has 0 fully saturated rings. The average molecular weight is 157 g/mol. The number of rotatable bonds is 2. The van der Waals surface area contributed by atoms with E-state index in [-0.39, 0.29) is 5.92 Å². The molecular weight excluding hydrogens is 150 g/mol. The van der Waals surface area contributed by atoms with Crippen molar-refractivity contribution in [3.05, 3.63) is 15.9 Å². The molecule has 0 amide bonds. The van der Waals surface area contributed by atoms with Crippen LogP contribution in [0.3, 0.4) is 0 Å². The second-order valence-electron chi connectivity index (χ2n) is 2.31. The van der Waals surface area contributed by atoms with E-state index in [1.165, 1.54) is 0 Å². The van der Waals surface area contributed by atoms with Crippen molar-refractivity contribution in [2.45, 2.75) is 19.8 Å². The van der Waals surface area contributed by atoms with Crippen LogP contribution in [0.4, 0.5) is 0 Å². The van der Waals surface area contributed by atoms with E-state index in [1.54, 1.807) is 0 Å². The van der Waals surface area contributed by atoms with Crippen molar-refractivity contribution in [3.8, 4) is 0 Å². The molecule has 0 bridgehead atoms. The Morgan fingerprint density at radius 1 is 1.64 bits per heavy atom. The van der Waals surface area contributed by atoms with Gasteiger partial charge in [0.2, 0.25) is 0 Å². The van der Waals surface area contributed by atoms with Gasteiger partial charge in [0.1, 0.15) is 5.21 Å². The molecule has 0 aliphatic carbocycles. The Hall–Kier alpha value is -1.53. The second-order valence-corrected chi connectivity index (χ2v) is 2.31. The molecule has 0 aliphatic heterocycles. The minimum Gasteiger partial charge on any atom is -0.372 e. The molecular formula is C4H7N5O2. The molecule has 0 aromatic carbocycles. The Kier molecular flexibility index (Phi) is 1.79. The fraction of sp³-hybridized carbons (Fsp3) is 0.750. The molecule has 0 unspecified atom stereocenters. The van der Waals surface area contributed by atoms with Crippen LogP contribution >= 0.6 is 0 Å². The number of nitro groups is 1. The molecule has 0 N–H and O–H groups in total. The van der Waals surface area contributed by atoms with Gasteiger partial charge in [-0.3, -0.25) is 0 Å². The van der Waals surface area contributed by atoms with Gasteiger partial charge in [-0.15, -0.1) is 0 Å². The molecule has 7 heteroatoms. The van der Waals surface area contributed by atoms with E-state index in [1.807, 2.05) is 13.8 Å². The highest BCUT2D eigenvalue weighted by Gasteiger charge is 2.15. The lowest BCUT2D eigenvalue weighted by molar-refractivity contribution is -0.564. The molecule has 1 aromatic heterocycles. The smallest absolute Gasteiger partial charge is 0.273 e. The summed E-state index contributed by atoms with van der Waals surface area (Å²) in [6, 6.07) is 0. The van der Waals surface area contributed by atoms with E-state index in [0.717, 1.165) is 0 Å². The molecule has 0 aliphatic rings. The van der Waals surface area contributed by atoms with Crippen molar-refractivity contribution in [1.29, 1.82) is 0 Å². The van der Waals surface area contributed by atoms with Gasteiger partial charge >= 0.3 is 0 Å². The van der Waals surface area contributed by atoms with E-state index in [0.29, 0.717) is 10.7 Å². The van der Waals surface area contributed by atoms with Gasteiger partial charge in [0.15, 0.2) is 4.91 Å². The molecule has 1 aromatic rings. The monoisotopic (exact) mass is 157 g/mol. The fourth-order valence-electron chi connectivity index (χ4n) is 0.518. The van der Waals surface area contributed by atoms with Gasteiger partial charge in [0, 0.05) is 16.0 Å². The standard InChI is InChI=1S/C4H7N5O2/c1-3(2)4-5-7-8(6-4)9(10)11/h3H,1-2H3. The zero-order chi connectivity index (χ0) is 8.43. The third-order valence-electron chi connectivity index (χ3n) is 1.08. The number of nitrogens with zero attached hydrogens (tertiary/aromatic N) is 5. The van der Waals surface area contributed by atoms with E-state index < -0.39 is 5.03 Å². The summed E-state index contributed by atoms with van der Waals surface area (Å²) in [5, 5.41) is 19.5. The largest absolute Gasteiger partial charge is 0.372 e. The maximum atomic E-state index is 10.0. The van der Waals surface area contributed by atoms with Crippen molar-refractivity contribution in [2.24, 2.45) is 0 Å². The normalized spacial score (nSPS) is 10.5. The Labute approximate surface area is 62.1 Å². The van der Waals surface area contributed by atoms with Gasteiger partial charge in [-0.05, 0) is 5.10 Å². The first-order chi connectivity index (χ1) is 5.11. The van der Waals surface area contributed by atoms with E-state index >= 15 is 0 Å². The van der Waals surface area contributed by atoms with Crippen LogP contribution in [0.2, 0.25) is 0 Å². The lowest BCUT2D eigenvalue weighted by Gasteiger charge is -1.88. The Morgan fingerprint density at radius 2 is 2.27 bits per heavy atom. The summed E-state index contributed by atoms with van der Waals surface area (Å²) in [5.74, 6) is 0.436. The zero-order valence-electron chi connectivity index (χ0n) is 6.13. The van der Waals surface area contributed by atoms with Crippen LogP contribution in [-0.2, 0) is 0 Å². The molecule has 1 heterocycles. The third kappa shape index (κ3) is 1.48. The van der Waals surface area contributed by atoms with Crippen LogP contribution in [0.5, 0.6) is 0 Å². The summed E-state index contributed by atoms with van der Waals surface area (Å²) >= 11 is 0. The molecule has 11 heavy (non-hydrogen) atoms. The van der Waals surface area contributed by atoms with E-state index in [9.17, 15) is 10.1 Å². The van der Waals surface area contributed by atoms with Crippen LogP contribution in [0, 0.1) is 10.1 Å². The number of tetrazole rings is 1. The number of hydrogen-bond acceptors (Lipinski definition) is 5. The van der Waals surface area contributed by atoms with E-state index in [4.69, 9.17) is 0 Å². The van der Waals surface area contributed by atoms with Gasteiger partial charge in [-0.1, -0.05) is 13.8 Å². The quantitative estimate of drug-likeness (QED) is 0.439. The predicted octanol–water partition coefficient (Wildman–Crippen LogP) is -0.164. The van der Waals surface area contributed by atoms with Gasteiger partial charge in [0.25, 0.3) is 5.82 Å². The number of aromatic nitrogens is 4. The van der Waals surface area contributed by atoms with Crippen LogP contribution < -0.4 is 0 Å². The maximum Gasteiger partial charge on any atom is 0.273 e. The van der Waals surface area contributed by atoms with Gasteiger partial charge in [-0.25, -0.2) is 0 Å². The first kappa shape index (κ1) is 7.58. The van der Waals surface area contributed by atoms with Crippen molar-refractivity contribution < 1.29 is 5.03 Å². The maximum absolute atomic E-state index is 10.0. The van der Waals surface area contributed by atoms with Crippen molar-refractivity contribution in [2.75, 3.05) is 0 Å². The molecule has 1 rings (SSSR count). The predicted molar refractivity (Wildman–Crippen MR) is 34.3 cm³/mol. The molecule has 0 atom stereocenters. The highest BCUT2D eigenvalue weighted by Crippen LogP contribution is 2.04. The average Bonchev–Trinajstić information content (AvgIpc) is 2.33. The van der Waals surface area contributed by atoms with Gasteiger partial charge < -0.3 is 10.1 Å². The zero-order valence-corrected chi connectivity index (χ0v) is 6.13. The summed E-state index contributed by atoms with van der Waals surface area (Å²) in [7, 11) is 0. The molecule has 0 saturated heterocycles. The highest BCUT2D eigenvalue weighted by atomic mass is 16.7. The summed E-state index contributed by atoms with van der Waals surface area (Å²) < 4.78 is 0. The Bertz CT molecular complexity index is 267. The first-order valence-corrected chi connectivity index (χ1v) is 3.06. The second kappa shape index (κ2) is 2.60. The molecule has 60 valence electrons. The summed E-state index contributed by atoms with van der Waals surface area (Å²) in [6.45, 7) is 3.67. The van der Waals surface area contributed by atoms with Crippen molar-refractivity contribution >= 4 is 0 Å². The lowest BCUT2D eigenvalue weighted by atomic mass is 10.2. The minimum absolute atomic E-state index is 0.0590. The molecule has 7 nitrogen and oxygen atoms in total.